The Bertz CT molecular complexity index is 378. The summed E-state index contributed by atoms with van der Waals surface area (Å²) >= 11 is 11.0. The molecule has 1 N–H and O–H groups in total. The van der Waals surface area contributed by atoms with Crippen LogP contribution in [0.25, 0.3) is 0 Å². The third-order valence-electron chi connectivity index (χ3n) is 2.12. The van der Waals surface area contributed by atoms with Gasteiger partial charge >= 0.3 is 0 Å². The van der Waals surface area contributed by atoms with Crippen LogP contribution in [0.15, 0.2) is 12.1 Å². The zero-order chi connectivity index (χ0) is 9.42. The lowest BCUT2D eigenvalue weighted by atomic mass is 9.91. The second kappa shape index (κ2) is 3.31. The molecule has 64 valence electrons. The molecular formula is C9H7BClNS. The molecule has 0 aromatic heterocycles. The Hall–Kier alpha value is -0.535. The molecule has 1 nitrogen and oxygen atoms in total. The predicted octanol–water partition coefficient (Wildman–Crippen LogP) is 1.82. The highest BCUT2D eigenvalue weighted by atomic mass is 35.5. The fourth-order valence-electron chi connectivity index (χ4n) is 1.42. The van der Waals surface area contributed by atoms with Gasteiger partial charge in [0.05, 0.1) is 4.99 Å². The van der Waals surface area contributed by atoms with E-state index >= 15 is 0 Å². The van der Waals surface area contributed by atoms with Gasteiger partial charge in [0.25, 0.3) is 0 Å². The molecule has 1 heterocycles. The summed E-state index contributed by atoms with van der Waals surface area (Å²) in [6.45, 7) is 0. The SMILES string of the molecule is [B]c1cc2c(cc1Cl)NC(=S)CC2. The topological polar surface area (TPSA) is 12.0 Å². The van der Waals surface area contributed by atoms with E-state index in [1.54, 1.807) is 0 Å². The summed E-state index contributed by atoms with van der Waals surface area (Å²) in [7, 11) is 5.69. The number of halogens is 1. The van der Waals surface area contributed by atoms with Gasteiger partial charge in [0.2, 0.25) is 0 Å². The predicted molar refractivity (Wildman–Crippen MR) is 61.4 cm³/mol. The van der Waals surface area contributed by atoms with E-state index in [4.69, 9.17) is 31.7 Å². The number of thiocarbonyl (C=S) groups is 1. The van der Waals surface area contributed by atoms with Crippen LogP contribution >= 0.6 is 23.8 Å². The van der Waals surface area contributed by atoms with Crippen molar-refractivity contribution in [2.45, 2.75) is 12.8 Å². The largest absolute Gasteiger partial charge is 0.350 e. The van der Waals surface area contributed by atoms with Crippen LogP contribution in [0.1, 0.15) is 12.0 Å². The van der Waals surface area contributed by atoms with Crippen molar-refractivity contribution in [3.8, 4) is 0 Å². The van der Waals surface area contributed by atoms with Gasteiger partial charge in [-0.2, -0.15) is 0 Å². The lowest BCUT2D eigenvalue weighted by Crippen LogP contribution is -2.19. The van der Waals surface area contributed by atoms with E-state index in [0.717, 1.165) is 23.5 Å². The molecule has 13 heavy (non-hydrogen) atoms. The number of rotatable bonds is 0. The smallest absolute Gasteiger partial charge is 0.115 e. The first-order valence-corrected chi connectivity index (χ1v) is 4.83. The quantitative estimate of drug-likeness (QED) is 0.514. The number of aryl methyl sites for hydroxylation is 1. The van der Waals surface area contributed by atoms with Crippen LogP contribution < -0.4 is 10.8 Å². The number of benzene rings is 1. The van der Waals surface area contributed by atoms with Crippen LogP contribution in [0.4, 0.5) is 5.69 Å². The second-order valence-electron chi connectivity index (χ2n) is 3.08. The number of nitrogens with one attached hydrogen (secondary N) is 1. The van der Waals surface area contributed by atoms with Crippen LogP contribution in [0.2, 0.25) is 5.02 Å². The minimum absolute atomic E-state index is 0.580. The van der Waals surface area contributed by atoms with E-state index < -0.39 is 0 Å². The molecule has 0 saturated heterocycles. The van der Waals surface area contributed by atoms with Gasteiger partial charge in [0.1, 0.15) is 7.85 Å². The van der Waals surface area contributed by atoms with Gasteiger partial charge in [-0.25, -0.2) is 0 Å². The van der Waals surface area contributed by atoms with Crippen molar-refractivity contribution in [2.24, 2.45) is 0 Å². The van der Waals surface area contributed by atoms with E-state index in [0.29, 0.717) is 10.5 Å². The van der Waals surface area contributed by atoms with Gasteiger partial charge in [0.15, 0.2) is 0 Å². The van der Waals surface area contributed by atoms with E-state index in [1.807, 2.05) is 12.1 Å². The van der Waals surface area contributed by atoms with Crippen molar-refractivity contribution in [3.63, 3.8) is 0 Å². The van der Waals surface area contributed by atoms with Crippen LogP contribution in [0.3, 0.4) is 0 Å². The fraction of sp³-hybridized carbons (Fsp3) is 0.222. The molecule has 0 amide bonds. The summed E-state index contributed by atoms with van der Waals surface area (Å²) in [5.41, 5.74) is 2.82. The van der Waals surface area contributed by atoms with Crippen LogP contribution in [0.5, 0.6) is 0 Å². The van der Waals surface area contributed by atoms with Crippen molar-refractivity contribution >= 4 is 47.8 Å². The molecule has 0 saturated carbocycles. The lowest BCUT2D eigenvalue weighted by Gasteiger charge is -2.19. The first-order chi connectivity index (χ1) is 6.16. The molecule has 0 aliphatic carbocycles. The van der Waals surface area contributed by atoms with E-state index in [9.17, 15) is 0 Å². The Balaban J connectivity index is 2.49. The van der Waals surface area contributed by atoms with Gasteiger partial charge in [0, 0.05) is 17.1 Å². The molecule has 1 aliphatic heterocycles. The molecular weight excluding hydrogens is 200 g/mol. The highest BCUT2D eigenvalue weighted by Crippen LogP contribution is 2.24. The second-order valence-corrected chi connectivity index (χ2v) is 3.98. The highest BCUT2D eigenvalue weighted by molar-refractivity contribution is 7.80. The normalized spacial score (nSPS) is 15.0. The Morgan fingerprint density at radius 1 is 1.38 bits per heavy atom. The molecule has 0 fully saturated rings. The number of anilines is 1. The zero-order valence-electron chi connectivity index (χ0n) is 6.93. The van der Waals surface area contributed by atoms with Gasteiger partial charge in [-0.15, -0.1) is 0 Å². The average molecular weight is 207 g/mol. The average Bonchev–Trinajstić information content (AvgIpc) is 2.08. The van der Waals surface area contributed by atoms with E-state index in [2.05, 4.69) is 5.32 Å². The van der Waals surface area contributed by atoms with Gasteiger partial charge in [-0.1, -0.05) is 35.3 Å². The molecule has 0 unspecified atom stereocenters. The monoisotopic (exact) mass is 207 g/mol. The van der Waals surface area contributed by atoms with E-state index in [1.165, 1.54) is 5.56 Å². The van der Waals surface area contributed by atoms with Crippen LogP contribution in [-0.4, -0.2) is 12.8 Å². The first-order valence-electron chi connectivity index (χ1n) is 4.04. The first kappa shape index (κ1) is 9.04. The Kier molecular flexibility index (Phi) is 2.30. The maximum Gasteiger partial charge on any atom is 0.115 e. The molecule has 0 bridgehead atoms. The summed E-state index contributed by atoms with van der Waals surface area (Å²) in [5, 5.41) is 3.70. The van der Waals surface area contributed by atoms with Crippen molar-refractivity contribution in [1.29, 1.82) is 0 Å². The fourth-order valence-corrected chi connectivity index (χ4v) is 1.80. The Morgan fingerprint density at radius 3 is 2.92 bits per heavy atom. The summed E-state index contributed by atoms with van der Waals surface area (Å²) in [6.07, 6.45) is 1.84. The molecule has 1 aromatic rings. The lowest BCUT2D eigenvalue weighted by molar-refractivity contribution is 1.03. The summed E-state index contributed by atoms with van der Waals surface area (Å²) in [4.78, 5) is 0.869. The van der Waals surface area contributed by atoms with E-state index in [-0.39, 0.29) is 0 Å². The van der Waals surface area contributed by atoms with Gasteiger partial charge in [-0.05, 0) is 18.1 Å². The standard InChI is InChI=1S/C9H7BClNS/c10-6-3-5-1-2-9(13)12-8(5)4-7(6)11/h3-4H,1-2H2,(H,12,13). The van der Waals surface area contributed by atoms with Gasteiger partial charge < -0.3 is 5.32 Å². The molecule has 0 spiro atoms. The third-order valence-corrected chi connectivity index (χ3v) is 2.75. The highest BCUT2D eigenvalue weighted by Gasteiger charge is 2.12. The van der Waals surface area contributed by atoms with Crippen molar-refractivity contribution in [1.82, 2.24) is 0 Å². The van der Waals surface area contributed by atoms with Gasteiger partial charge in [-0.3, -0.25) is 0 Å². The number of fused-ring (bicyclic) bond motifs is 1. The molecule has 0 atom stereocenters. The Morgan fingerprint density at radius 2 is 2.15 bits per heavy atom. The molecule has 2 radical (unpaired) electrons. The molecule has 1 aromatic carbocycles. The summed E-state index contributed by atoms with van der Waals surface area (Å²) < 4.78 is 0. The molecule has 1 aliphatic rings. The summed E-state index contributed by atoms with van der Waals surface area (Å²) in [6, 6.07) is 3.74. The van der Waals surface area contributed by atoms with Crippen molar-refractivity contribution < 1.29 is 0 Å². The van der Waals surface area contributed by atoms with Crippen LogP contribution in [0, 0.1) is 0 Å². The Labute approximate surface area is 88.9 Å². The molecule has 4 heteroatoms. The third kappa shape index (κ3) is 1.72. The molecule has 2 rings (SSSR count). The minimum Gasteiger partial charge on any atom is -0.350 e. The maximum absolute atomic E-state index is 5.89. The van der Waals surface area contributed by atoms with Crippen LogP contribution in [-0.2, 0) is 6.42 Å². The number of hydrogen-bond acceptors (Lipinski definition) is 1. The van der Waals surface area contributed by atoms with Crippen molar-refractivity contribution in [3.05, 3.63) is 22.7 Å². The zero-order valence-corrected chi connectivity index (χ0v) is 8.50. The maximum atomic E-state index is 5.89. The van der Waals surface area contributed by atoms with Crippen molar-refractivity contribution in [2.75, 3.05) is 5.32 Å². The summed E-state index contributed by atoms with van der Waals surface area (Å²) in [5.74, 6) is 0. The number of hydrogen-bond donors (Lipinski definition) is 1. The minimum atomic E-state index is 0.580.